The van der Waals surface area contributed by atoms with Crippen molar-refractivity contribution in [3.05, 3.63) is 0 Å². The lowest BCUT2D eigenvalue weighted by molar-refractivity contribution is -0.143. The van der Waals surface area contributed by atoms with Gasteiger partial charge in [0.05, 0.1) is 25.7 Å². The number of carbonyl (C=O) groups excluding carboxylic acids is 1. The fraction of sp³-hybridized carbons (Fsp3) is 0.846. The molecule has 7 heteroatoms. The van der Waals surface area contributed by atoms with Crippen LogP contribution in [0.5, 0.6) is 0 Å². The van der Waals surface area contributed by atoms with E-state index in [0.29, 0.717) is 26.3 Å². The Bertz CT molecular complexity index is 324. The topological polar surface area (TPSA) is 88.1 Å². The van der Waals surface area contributed by atoms with Crippen LogP contribution in [0.1, 0.15) is 13.3 Å². The van der Waals surface area contributed by atoms with Crippen LogP contribution in [-0.4, -0.2) is 74.5 Å². The minimum absolute atomic E-state index is 0.0982. The second-order valence-corrected chi connectivity index (χ2v) is 4.81. The van der Waals surface area contributed by atoms with E-state index in [1.165, 1.54) is 0 Å². The zero-order chi connectivity index (χ0) is 15.0. The highest BCUT2D eigenvalue weighted by atomic mass is 16.5. The van der Waals surface area contributed by atoms with Crippen LogP contribution in [0.2, 0.25) is 0 Å². The van der Waals surface area contributed by atoms with Gasteiger partial charge >= 0.3 is 5.97 Å². The van der Waals surface area contributed by atoms with Crippen LogP contribution in [0.3, 0.4) is 0 Å². The number of ether oxygens (including phenoxy) is 2. The molecular formula is C13H24N2O5. The van der Waals surface area contributed by atoms with Gasteiger partial charge in [-0.15, -0.1) is 0 Å². The van der Waals surface area contributed by atoms with Crippen LogP contribution in [-0.2, 0) is 19.1 Å². The number of carboxylic acid groups (broad SMARTS) is 1. The summed E-state index contributed by atoms with van der Waals surface area (Å²) >= 11 is 0. The number of hydrogen-bond acceptors (Lipinski definition) is 5. The summed E-state index contributed by atoms with van der Waals surface area (Å²) in [6.07, 6.45) is 0.763. The van der Waals surface area contributed by atoms with Crippen molar-refractivity contribution < 1.29 is 24.2 Å². The smallest absolute Gasteiger partial charge is 0.310 e. The molecule has 1 fully saturated rings. The maximum atomic E-state index is 11.8. The maximum Gasteiger partial charge on any atom is 0.310 e. The van der Waals surface area contributed by atoms with Gasteiger partial charge in [0.25, 0.3) is 0 Å². The number of rotatable bonds is 9. The Labute approximate surface area is 119 Å². The van der Waals surface area contributed by atoms with Gasteiger partial charge in [-0.05, 0) is 13.0 Å². The van der Waals surface area contributed by atoms with Gasteiger partial charge in [-0.3, -0.25) is 14.5 Å². The van der Waals surface area contributed by atoms with E-state index < -0.39 is 11.9 Å². The van der Waals surface area contributed by atoms with Gasteiger partial charge in [0.1, 0.15) is 0 Å². The van der Waals surface area contributed by atoms with E-state index in [1.807, 2.05) is 11.8 Å². The minimum atomic E-state index is -0.869. The first kappa shape index (κ1) is 16.9. The second-order valence-electron chi connectivity index (χ2n) is 4.81. The lowest BCUT2D eigenvalue weighted by Gasteiger charge is -2.28. The first-order chi connectivity index (χ1) is 9.60. The van der Waals surface area contributed by atoms with Crippen molar-refractivity contribution in [3.63, 3.8) is 0 Å². The predicted octanol–water partition coefficient (Wildman–Crippen LogP) is -0.439. The van der Waals surface area contributed by atoms with Crippen LogP contribution in [0.15, 0.2) is 0 Å². The standard InChI is InChI=1S/C13H24N2O5/c1-3-15(7-12(16)14-5-4-6-19-2)11-9-20-8-10(11)13(17)18/h10-11H,3-9H2,1-2H3,(H,14,16)(H,17,18). The van der Waals surface area contributed by atoms with Gasteiger partial charge in [-0.2, -0.15) is 0 Å². The fourth-order valence-electron chi connectivity index (χ4n) is 2.29. The molecule has 0 aromatic heterocycles. The Morgan fingerprint density at radius 3 is 2.80 bits per heavy atom. The second kappa shape index (κ2) is 8.89. The largest absolute Gasteiger partial charge is 0.481 e. The summed E-state index contributed by atoms with van der Waals surface area (Å²) in [6.45, 7) is 4.47. The summed E-state index contributed by atoms with van der Waals surface area (Å²) in [4.78, 5) is 24.8. The summed E-state index contributed by atoms with van der Waals surface area (Å²) in [6, 6.07) is -0.234. The van der Waals surface area contributed by atoms with Crippen molar-refractivity contribution in [1.82, 2.24) is 10.2 Å². The molecule has 2 N–H and O–H groups in total. The van der Waals surface area contributed by atoms with Gasteiger partial charge in [0.2, 0.25) is 5.91 Å². The number of nitrogens with one attached hydrogen (secondary N) is 1. The van der Waals surface area contributed by atoms with Crippen molar-refractivity contribution in [2.45, 2.75) is 19.4 Å². The first-order valence-corrected chi connectivity index (χ1v) is 6.90. The van der Waals surface area contributed by atoms with E-state index >= 15 is 0 Å². The Balaban J connectivity index is 2.41. The molecule has 0 aliphatic carbocycles. The summed E-state index contributed by atoms with van der Waals surface area (Å²) in [5.74, 6) is -1.53. The number of nitrogens with zero attached hydrogens (tertiary/aromatic N) is 1. The molecule has 1 heterocycles. The Kier molecular flexibility index (Phi) is 7.50. The molecule has 0 radical (unpaired) electrons. The minimum Gasteiger partial charge on any atom is -0.481 e. The van der Waals surface area contributed by atoms with Crippen LogP contribution >= 0.6 is 0 Å². The molecular weight excluding hydrogens is 264 g/mol. The van der Waals surface area contributed by atoms with Crippen molar-refractivity contribution in [3.8, 4) is 0 Å². The van der Waals surface area contributed by atoms with Crippen LogP contribution in [0, 0.1) is 5.92 Å². The van der Waals surface area contributed by atoms with Crippen LogP contribution in [0.25, 0.3) is 0 Å². The molecule has 2 atom stereocenters. The highest BCUT2D eigenvalue weighted by molar-refractivity contribution is 5.78. The van der Waals surface area contributed by atoms with Gasteiger partial charge < -0.3 is 19.9 Å². The number of likely N-dealkylation sites (N-methyl/N-ethyl adjacent to an activating group) is 1. The Hall–Kier alpha value is -1.18. The van der Waals surface area contributed by atoms with Gasteiger partial charge in [0.15, 0.2) is 0 Å². The third-order valence-corrected chi connectivity index (χ3v) is 3.44. The first-order valence-electron chi connectivity index (χ1n) is 6.90. The SMILES string of the molecule is CCN(CC(=O)NCCCOC)C1COCC1C(=O)O. The maximum absolute atomic E-state index is 11.8. The number of methoxy groups -OCH3 is 1. The molecule has 0 aromatic rings. The molecule has 2 unspecified atom stereocenters. The molecule has 1 aliphatic heterocycles. The molecule has 1 amide bonds. The third kappa shape index (κ3) is 5.07. The zero-order valence-corrected chi connectivity index (χ0v) is 12.1. The molecule has 20 heavy (non-hydrogen) atoms. The molecule has 1 rings (SSSR count). The van der Waals surface area contributed by atoms with E-state index in [4.69, 9.17) is 14.6 Å². The Morgan fingerprint density at radius 2 is 2.20 bits per heavy atom. The molecule has 0 saturated carbocycles. The lowest BCUT2D eigenvalue weighted by atomic mass is 10.0. The summed E-state index contributed by atoms with van der Waals surface area (Å²) in [5, 5.41) is 11.9. The van der Waals surface area contributed by atoms with Crippen molar-refractivity contribution in [2.24, 2.45) is 5.92 Å². The molecule has 1 aliphatic rings. The quantitative estimate of drug-likeness (QED) is 0.559. The Morgan fingerprint density at radius 1 is 1.45 bits per heavy atom. The lowest BCUT2D eigenvalue weighted by Crippen LogP contribution is -2.47. The zero-order valence-electron chi connectivity index (χ0n) is 12.1. The number of amides is 1. The van der Waals surface area contributed by atoms with Crippen molar-refractivity contribution in [1.29, 1.82) is 0 Å². The highest BCUT2D eigenvalue weighted by Crippen LogP contribution is 2.19. The van der Waals surface area contributed by atoms with Crippen molar-refractivity contribution >= 4 is 11.9 Å². The number of carbonyl (C=O) groups is 2. The average molecular weight is 288 g/mol. The number of aliphatic carboxylic acids is 1. The highest BCUT2D eigenvalue weighted by Gasteiger charge is 2.37. The summed E-state index contributed by atoms with van der Waals surface area (Å²) in [7, 11) is 1.62. The average Bonchev–Trinajstić information content (AvgIpc) is 2.90. The summed E-state index contributed by atoms with van der Waals surface area (Å²) in [5.41, 5.74) is 0. The summed E-state index contributed by atoms with van der Waals surface area (Å²) < 4.78 is 10.1. The van der Waals surface area contributed by atoms with E-state index in [1.54, 1.807) is 7.11 Å². The van der Waals surface area contributed by atoms with Crippen LogP contribution < -0.4 is 5.32 Å². The number of hydrogen-bond donors (Lipinski definition) is 2. The predicted molar refractivity (Wildman–Crippen MR) is 72.5 cm³/mol. The number of carboxylic acids is 1. The third-order valence-electron chi connectivity index (χ3n) is 3.44. The molecule has 116 valence electrons. The molecule has 0 spiro atoms. The van der Waals surface area contributed by atoms with Gasteiger partial charge in [-0.1, -0.05) is 6.92 Å². The fourth-order valence-corrected chi connectivity index (χ4v) is 2.29. The normalized spacial score (nSPS) is 22.1. The van der Waals surface area contributed by atoms with E-state index in [9.17, 15) is 9.59 Å². The monoisotopic (exact) mass is 288 g/mol. The molecule has 0 bridgehead atoms. The molecule has 1 saturated heterocycles. The molecule has 0 aromatic carbocycles. The van der Waals surface area contributed by atoms with Gasteiger partial charge in [-0.25, -0.2) is 0 Å². The van der Waals surface area contributed by atoms with E-state index in [-0.39, 0.29) is 25.1 Å². The van der Waals surface area contributed by atoms with E-state index in [0.717, 1.165) is 6.42 Å². The van der Waals surface area contributed by atoms with Crippen LogP contribution in [0.4, 0.5) is 0 Å². The molecule has 7 nitrogen and oxygen atoms in total. The van der Waals surface area contributed by atoms with E-state index in [2.05, 4.69) is 5.32 Å². The van der Waals surface area contributed by atoms with Crippen molar-refractivity contribution in [2.75, 3.05) is 46.6 Å². The van der Waals surface area contributed by atoms with Gasteiger partial charge in [0, 0.05) is 26.3 Å².